The van der Waals surface area contributed by atoms with Crippen molar-refractivity contribution in [3.63, 3.8) is 0 Å². The first-order valence-electron chi connectivity index (χ1n) is 11.1. The molecule has 31 heavy (non-hydrogen) atoms. The minimum absolute atomic E-state index is 0.0750. The Morgan fingerprint density at radius 3 is 2.48 bits per heavy atom. The summed E-state index contributed by atoms with van der Waals surface area (Å²) in [5.74, 6) is 0.0750. The SMILES string of the molecule is O=C(c1cn(Cc2ccccc2)nc1-c1ccc(Cl)cc1)N1CCC(N2CCCC2)C1. The fourth-order valence-electron chi connectivity index (χ4n) is 4.75. The lowest BCUT2D eigenvalue weighted by atomic mass is 10.1. The Balaban J connectivity index is 1.43. The van der Waals surface area contributed by atoms with Gasteiger partial charge < -0.3 is 4.90 Å². The molecule has 0 spiro atoms. The van der Waals surface area contributed by atoms with Crippen LogP contribution in [0.1, 0.15) is 35.2 Å². The summed E-state index contributed by atoms with van der Waals surface area (Å²) in [7, 11) is 0. The molecule has 6 heteroatoms. The predicted molar refractivity (Wildman–Crippen MR) is 123 cm³/mol. The van der Waals surface area contributed by atoms with E-state index >= 15 is 0 Å². The molecule has 0 radical (unpaired) electrons. The van der Waals surface area contributed by atoms with E-state index < -0.39 is 0 Å². The number of amides is 1. The molecule has 0 bridgehead atoms. The minimum Gasteiger partial charge on any atom is -0.337 e. The summed E-state index contributed by atoms with van der Waals surface area (Å²) in [6.07, 6.45) is 5.51. The summed E-state index contributed by atoms with van der Waals surface area (Å²) in [6.45, 7) is 4.58. The lowest BCUT2D eigenvalue weighted by Gasteiger charge is -2.23. The van der Waals surface area contributed by atoms with Gasteiger partial charge in [0, 0.05) is 35.9 Å². The van der Waals surface area contributed by atoms with E-state index in [1.165, 1.54) is 12.8 Å². The van der Waals surface area contributed by atoms with Gasteiger partial charge in [0.2, 0.25) is 0 Å². The fraction of sp³-hybridized carbons (Fsp3) is 0.360. The smallest absolute Gasteiger partial charge is 0.257 e. The van der Waals surface area contributed by atoms with E-state index in [1.54, 1.807) is 0 Å². The van der Waals surface area contributed by atoms with Crippen LogP contribution < -0.4 is 0 Å². The third-order valence-electron chi connectivity index (χ3n) is 6.40. The molecule has 1 atom stereocenters. The molecule has 3 heterocycles. The third kappa shape index (κ3) is 4.39. The van der Waals surface area contributed by atoms with Crippen molar-refractivity contribution in [3.8, 4) is 11.3 Å². The molecule has 3 aromatic rings. The van der Waals surface area contributed by atoms with Crippen LogP contribution in [-0.4, -0.2) is 57.7 Å². The summed E-state index contributed by atoms with van der Waals surface area (Å²) in [6, 6.07) is 18.3. The monoisotopic (exact) mass is 434 g/mol. The van der Waals surface area contributed by atoms with Gasteiger partial charge in [0.1, 0.15) is 5.69 Å². The van der Waals surface area contributed by atoms with Crippen LogP contribution in [0.25, 0.3) is 11.3 Å². The number of benzene rings is 2. The number of halogens is 1. The van der Waals surface area contributed by atoms with Crippen molar-refractivity contribution in [1.29, 1.82) is 0 Å². The van der Waals surface area contributed by atoms with Crippen LogP contribution in [0.5, 0.6) is 0 Å². The molecule has 0 N–H and O–H groups in total. The second kappa shape index (κ2) is 8.85. The summed E-state index contributed by atoms with van der Waals surface area (Å²) in [5.41, 5.74) is 3.46. The molecule has 160 valence electrons. The number of aromatic nitrogens is 2. The van der Waals surface area contributed by atoms with Gasteiger partial charge in [0.05, 0.1) is 12.1 Å². The van der Waals surface area contributed by atoms with Gasteiger partial charge in [-0.3, -0.25) is 14.4 Å². The molecule has 2 aliphatic heterocycles. The molecule has 5 rings (SSSR count). The molecule has 1 amide bonds. The lowest BCUT2D eigenvalue weighted by Crippen LogP contribution is -2.37. The summed E-state index contributed by atoms with van der Waals surface area (Å²) in [5, 5.41) is 5.48. The fourth-order valence-corrected chi connectivity index (χ4v) is 4.88. The van der Waals surface area contributed by atoms with Gasteiger partial charge in [0.25, 0.3) is 5.91 Å². The third-order valence-corrected chi connectivity index (χ3v) is 6.66. The van der Waals surface area contributed by atoms with Crippen LogP contribution in [0.3, 0.4) is 0 Å². The van der Waals surface area contributed by atoms with Gasteiger partial charge in [-0.05, 0) is 50.0 Å². The Bertz CT molecular complexity index is 1040. The first-order valence-corrected chi connectivity index (χ1v) is 11.5. The van der Waals surface area contributed by atoms with E-state index in [1.807, 2.05) is 58.2 Å². The van der Waals surface area contributed by atoms with Crippen LogP contribution in [0, 0.1) is 0 Å². The second-order valence-corrected chi connectivity index (χ2v) is 8.95. The average molecular weight is 435 g/mol. The van der Waals surface area contributed by atoms with E-state index in [0.717, 1.165) is 49.4 Å². The second-order valence-electron chi connectivity index (χ2n) is 8.52. The van der Waals surface area contributed by atoms with Crippen molar-refractivity contribution in [2.24, 2.45) is 0 Å². The lowest BCUT2D eigenvalue weighted by molar-refractivity contribution is 0.0780. The Morgan fingerprint density at radius 2 is 1.74 bits per heavy atom. The van der Waals surface area contributed by atoms with Gasteiger partial charge in [-0.1, -0.05) is 54.1 Å². The molecule has 2 aliphatic rings. The topological polar surface area (TPSA) is 41.4 Å². The van der Waals surface area contributed by atoms with Crippen molar-refractivity contribution in [1.82, 2.24) is 19.6 Å². The Morgan fingerprint density at radius 1 is 1.00 bits per heavy atom. The quantitative estimate of drug-likeness (QED) is 0.591. The van der Waals surface area contributed by atoms with E-state index in [4.69, 9.17) is 16.7 Å². The zero-order chi connectivity index (χ0) is 21.2. The van der Waals surface area contributed by atoms with Crippen LogP contribution in [-0.2, 0) is 6.54 Å². The molecular weight excluding hydrogens is 408 g/mol. The maximum atomic E-state index is 13.6. The maximum Gasteiger partial charge on any atom is 0.257 e. The molecule has 2 fully saturated rings. The summed E-state index contributed by atoms with van der Waals surface area (Å²) in [4.78, 5) is 18.1. The highest BCUT2D eigenvalue weighted by Gasteiger charge is 2.33. The number of carbonyl (C=O) groups is 1. The highest BCUT2D eigenvalue weighted by molar-refractivity contribution is 6.30. The number of carbonyl (C=O) groups excluding carboxylic acids is 1. The van der Waals surface area contributed by atoms with Gasteiger partial charge in [-0.15, -0.1) is 0 Å². The summed E-state index contributed by atoms with van der Waals surface area (Å²) < 4.78 is 1.88. The van der Waals surface area contributed by atoms with Crippen LogP contribution in [0.2, 0.25) is 5.02 Å². The largest absolute Gasteiger partial charge is 0.337 e. The zero-order valence-electron chi connectivity index (χ0n) is 17.6. The zero-order valence-corrected chi connectivity index (χ0v) is 18.3. The highest BCUT2D eigenvalue weighted by atomic mass is 35.5. The minimum atomic E-state index is 0.0750. The Labute approximate surface area is 188 Å². The number of likely N-dealkylation sites (tertiary alicyclic amines) is 2. The van der Waals surface area contributed by atoms with Crippen molar-refractivity contribution < 1.29 is 4.79 Å². The highest BCUT2D eigenvalue weighted by Crippen LogP contribution is 2.28. The van der Waals surface area contributed by atoms with Gasteiger partial charge >= 0.3 is 0 Å². The van der Waals surface area contributed by atoms with E-state index in [-0.39, 0.29) is 5.91 Å². The Kier molecular flexibility index (Phi) is 5.79. The summed E-state index contributed by atoms with van der Waals surface area (Å²) >= 11 is 6.09. The van der Waals surface area contributed by atoms with Crippen LogP contribution in [0.4, 0.5) is 0 Å². The molecular formula is C25H27ClN4O. The molecule has 2 saturated heterocycles. The molecule has 0 saturated carbocycles. The molecule has 2 aromatic carbocycles. The number of rotatable bonds is 5. The predicted octanol–water partition coefficient (Wildman–Crippen LogP) is 4.56. The van der Waals surface area contributed by atoms with Gasteiger partial charge in [-0.2, -0.15) is 5.10 Å². The van der Waals surface area contributed by atoms with Gasteiger partial charge in [-0.25, -0.2) is 0 Å². The van der Waals surface area contributed by atoms with E-state index in [9.17, 15) is 4.79 Å². The first kappa shape index (κ1) is 20.3. The standard InChI is InChI=1S/C25H27ClN4O/c26-21-10-8-20(9-11-21)24-23(18-30(27-24)16-19-6-2-1-3-7-19)25(31)29-15-12-22(17-29)28-13-4-5-14-28/h1-3,6-11,18,22H,4-5,12-17H2. The normalized spacial score (nSPS) is 19.3. The van der Waals surface area contributed by atoms with Crippen LogP contribution >= 0.6 is 11.6 Å². The van der Waals surface area contributed by atoms with Crippen molar-refractivity contribution in [2.75, 3.05) is 26.2 Å². The first-order chi connectivity index (χ1) is 15.2. The Hall–Kier alpha value is -2.63. The molecule has 0 aliphatic carbocycles. The van der Waals surface area contributed by atoms with E-state index in [2.05, 4.69) is 17.0 Å². The average Bonchev–Trinajstić information content (AvgIpc) is 3.55. The van der Waals surface area contributed by atoms with E-state index in [0.29, 0.717) is 23.2 Å². The molecule has 1 unspecified atom stereocenters. The number of nitrogens with zero attached hydrogens (tertiary/aromatic N) is 4. The molecule has 1 aromatic heterocycles. The van der Waals surface area contributed by atoms with Crippen molar-refractivity contribution in [3.05, 3.63) is 76.9 Å². The van der Waals surface area contributed by atoms with Crippen LogP contribution in [0.15, 0.2) is 60.8 Å². The number of hydrogen-bond donors (Lipinski definition) is 0. The van der Waals surface area contributed by atoms with Gasteiger partial charge in [0.15, 0.2) is 0 Å². The maximum absolute atomic E-state index is 13.6. The van der Waals surface area contributed by atoms with Crippen molar-refractivity contribution in [2.45, 2.75) is 31.8 Å². The number of hydrogen-bond acceptors (Lipinski definition) is 3. The molecule has 5 nitrogen and oxygen atoms in total. The van der Waals surface area contributed by atoms with Crippen molar-refractivity contribution >= 4 is 17.5 Å².